The Kier molecular flexibility index (Phi) is 2.30. The summed E-state index contributed by atoms with van der Waals surface area (Å²) in [6, 6.07) is 4.91. The van der Waals surface area contributed by atoms with E-state index in [0.717, 1.165) is 0 Å². The number of hydrogen-bond acceptors (Lipinski definition) is 4. The van der Waals surface area contributed by atoms with E-state index in [2.05, 4.69) is 15.2 Å². The fraction of sp³-hybridized carbons (Fsp3) is 0. The van der Waals surface area contributed by atoms with E-state index in [4.69, 9.17) is 11.6 Å². The third-order valence-corrected chi connectivity index (χ3v) is 3.42. The summed E-state index contributed by atoms with van der Waals surface area (Å²) in [6.45, 7) is 0. The van der Waals surface area contributed by atoms with Gasteiger partial charge in [-0.05, 0) is 18.2 Å². The van der Waals surface area contributed by atoms with Crippen LogP contribution in [0.25, 0.3) is 16.7 Å². The molecule has 0 unspecified atom stereocenters. The van der Waals surface area contributed by atoms with Crippen molar-refractivity contribution in [3.8, 4) is 0 Å². The predicted octanol–water partition coefficient (Wildman–Crippen LogP) is 0.499. The van der Waals surface area contributed by atoms with Crippen LogP contribution in [-0.4, -0.2) is 28.9 Å². The van der Waals surface area contributed by atoms with E-state index in [1.165, 1.54) is 20.1 Å². The van der Waals surface area contributed by atoms with E-state index in [0.29, 0.717) is 16.1 Å². The maximum Gasteiger partial charge on any atom is 0.348 e. The van der Waals surface area contributed by atoms with Gasteiger partial charge in [0.05, 0.1) is 11.0 Å². The molecule has 0 atom stereocenters. The summed E-state index contributed by atoms with van der Waals surface area (Å²) in [5.41, 5.74) is 0.0554. The Hall–Kier alpha value is -2.87. The first kappa shape index (κ1) is 11.9. The second-order valence-electron chi connectivity index (χ2n) is 4.38. The number of H-pyrrole nitrogens is 1. The number of nitrogens with one attached hydrogen (secondary N) is 1. The van der Waals surface area contributed by atoms with Gasteiger partial charge in [0.1, 0.15) is 6.33 Å². The average Bonchev–Trinajstić information content (AvgIpc) is 3.09. The third-order valence-electron chi connectivity index (χ3n) is 3.18. The van der Waals surface area contributed by atoms with E-state index in [1.54, 1.807) is 30.6 Å². The molecule has 0 aliphatic rings. The number of imidazole rings is 1. The highest BCUT2D eigenvalue weighted by atomic mass is 35.5. The Morgan fingerprint density at radius 1 is 1.19 bits per heavy atom. The minimum absolute atomic E-state index is 0.00326. The van der Waals surface area contributed by atoms with E-state index in [-0.39, 0.29) is 5.65 Å². The molecule has 1 aromatic carbocycles. The number of aromatic nitrogens is 6. The minimum atomic E-state index is -0.479. The zero-order valence-corrected chi connectivity index (χ0v) is 11.2. The Bertz CT molecular complexity index is 1090. The normalized spacial score (nSPS) is 11.5. The van der Waals surface area contributed by atoms with E-state index in [9.17, 15) is 9.59 Å². The second kappa shape index (κ2) is 4.06. The molecule has 0 fully saturated rings. The highest BCUT2D eigenvalue weighted by Crippen LogP contribution is 2.18. The van der Waals surface area contributed by atoms with Crippen LogP contribution in [0.4, 0.5) is 0 Å². The first-order valence-electron chi connectivity index (χ1n) is 5.97. The first-order valence-corrected chi connectivity index (χ1v) is 6.34. The predicted molar refractivity (Wildman–Crippen MR) is 75.6 cm³/mol. The molecule has 0 aliphatic carbocycles. The van der Waals surface area contributed by atoms with Crippen molar-refractivity contribution in [2.75, 3.05) is 0 Å². The lowest BCUT2D eigenvalue weighted by molar-refractivity contribution is 0.655. The van der Waals surface area contributed by atoms with Crippen molar-refractivity contribution in [1.82, 2.24) is 28.9 Å². The molecule has 4 aromatic rings. The van der Waals surface area contributed by atoms with Gasteiger partial charge in [-0.25, -0.2) is 28.6 Å². The molecular formula is C12H7ClN6O2. The summed E-state index contributed by atoms with van der Waals surface area (Å²) in [6.07, 6.45) is 4.63. The van der Waals surface area contributed by atoms with Crippen molar-refractivity contribution in [2.45, 2.75) is 0 Å². The van der Waals surface area contributed by atoms with Gasteiger partial charge in [-0.1, -0.05) is 11.6 Å². The average molecular weight is 303 g/mol. The molecule has 0 saturated heterocycles. The monoisotopic (exact) mass is 302 g/mol. The van der Waals surface area contributed by atoms with Gasteiger partial charge in [-0.2, -0.15) is 0 Å². The number of halogens is 1. The van der Waals surface area contributed by atoms with Crippen molar-refractivity contribution in [1.29, 1.82) is 0 Å². The van der Waals surface area contributed by atoms with Crippen LogP contribution < -0.4 is 11.2 Å². The molecule has 3 aromatic heterocycles. The number of benzene rings is 1. The summed E-state index contributed by atoms with van der Waals surface area (Å²) in [7, 11) is 0. The van der Waals surface area contributed by atoms with E-state index >= 15 is 0 Å². The highest BCUT2D eigenvalue weighted by molar-refractivity contribution is 6.31. The summed E-state index contributed by atoms with van der Waals surface area (Å²) in [5, 5.41) is 6.52. The van der Waals surface area contributed by atoms with Gasteiger partial charge < -0.3 is 0 Å². The molecule has 0 spiro atoms. The summed E-state index contributed by atoms with van der Waals surface area (Å²) in [4.78, 5) is 28.4. The highest BCUT2D eigenvalue weighted by Gasteiger charge is 2.15. The molecule has 0 bridgehead atoms. The maximum absolute atomic E-state index is 12.6. The summed E-state index contributed by atoms with van der Waals surface area (Å²) in [5.74, 6) is 0. The van der Waals surface area contributed by atoms with Crippen LogP contribution in [0.1, 0.15) is 0 Å². The van der Waals surface area contributed by atoms with E-state index < -0.39 is 11.2 Å². The quantitative estimate of drug-likeness (QED) is 0.554. The summed E-state index contributed by atoms with van der Waals surface area (Å²) >= 11 is 6.02. The molecule has 4 rings (SSSR count). The molecule has 0 aliphatic heterocycles. The van der Waals surface area contributed by atoms with Gasteiger partial charge in [0.15, 0.2) is 0 Å². The number of hydrogen-bond donors (Lipinski definition) is 1. The van der Waals surface area contributed by atoms with Crippen molar-refractivity contribution < 1.29 is 0 Å². The lowest BCUT2D eigenvalue weighted by Crippen LogP contribution is -2.29. The zero-order valence-electron chi connectivity index (χ0n) is 10.4. The molecule has 3 heterocycles. The number of aromatic amines is 1. The van der Waals surface area contributed by atoms with Crippen molar-refractivity contribution in [2.24, 2.45) is 0 Å². The van der Waals surface area contributed by atoms with Gasteiger partial charge in [-0.15, -0.1) is 5.10 Å². The number of rotatable bonds is 1. The third kappa shape index (κ3) is 1.56. The van der Waals surface area contributed by atoms with Crippen LogP contribution in [0.3, 0.4) is 0 Å². The molecule has 0 amide bonds. The largest absolute Gasteiger partial charge is 0.348 e. The smallest absolute Gasteiger partial charge is 0.263 e. The molecule has 21 heavy (non-hydrogen) atoms. The summed E-state index contributed by atoms with van der Waals surface area (Å²) < 4.78 is 4.07. The number of fused-ring (bicyclic) bond motifs is 3. The first-order chi connectivity index (χ1) is 10.2. The van der Waals surface area contributed by atoms with Gasteiger partial charge in [-0.3, -0.25) is 4.79 Å². The van der Waals surface area contributed by atoms with Gasteiger partial charge in [0.25, 0.3) is 0 Å². The van der Waals surface area contributed by atoms with Gasteiger partial charge in [0.2, 0.25) is 5.65 Å². The van der Waals surface area contributed by atoms with Crippen molar-refractivity contribution in [3.63, 3.8) is 0 Å². The van der Waals surface area contributed by atoms with Gasteiger partial charge in [0, 0.05) is 17.4 Å². The fourth-order valence-corrected chi connectivity index (χ4v) is 2.49. The van der Waals surface area contributed by atoms with Crippen LogP contribution in [0.5, 0.6) is 0 Å². The van der Waals surface area contributed by atoms with Crippen LogP contribution in [0.15, 0.2) is 46.5 Å². The van der Waals surface area contributed by atoms with Crippen LogP contribution in [0.2, 0.25) is 5.02 Å². The molecule has 104 valence electrons. The number of nitrogens with zero attached hydrogens (tertiary/aromatic N) is 5. The van der Waals surface area contributed by atoms with E-state index in [1.807, 2.05) is 0 Å². The Labute approximate surface area is 120 Å². The SMILES string of the molecule is O=c1c2n[nH]c(=O)n2c2ccc(Cl)cc2n1-n1ccnc1. The van der Waals surface area contributed by atoms with Crippen LogP contribution in [0, 0.1) is 0 Å². The maximum atomic E-state index is 12.6. The molecule has 0 saturated carbocycles. The minimum Gasteiger partial charge on any atom is -0.263 e. The Balaban J connectivity index is 2.36. The van der Waals surface area contributed by atoms with Crippen molar-refractivity contribution in [3.05, 3.63) is 62.8 Å². The molecule has 1 N–H and O–H groups in total. The fourth-order valence-electron chi connectivity index (χ4n) is 2.32. The van der Waals surface area contributed by atoms with Gasteiger partial charge >= 0.3 is 11.2 Å². The van der Waals surface area contributed by atoms with Crippen molar-refractivity contribution >= 4 is 28.3 Å². The van der Waals surface area contributed by atoms with Crippen LogP contribution in [-0.2, 0) is 0 Å². The second-order valence-corrected chi connectivity index (χ2v) is 4.82. The molecule has 0 radical (unpaired) electrons. The topological polar surface area (TPSA) is 90.0 Å². The lowest BCUT2D eigenvalue weighted by Gasteiger charge is -2.11. The Morgan fingerprint density at radius 3 is 2.81 bits per heavy atom. The Morgan fingerprint density at radius 2 is 2.05 bits per heavy atom. The molecular weight excluding hydrogens is 296 g/mol. The molecule has 8 nitrogen and oxygen atoms in total. The molecule has 9 heteroatoms. The lowest BCUT2D eigenvalue weighted by atomic mass is 10.3. The van der Waals surface area contributed by atoms with Crippen LogP contribution >= 0.6 is 11.6 Å². The zero-order chi connectivity index (χ0) is 14.6. The standard InChI is InChI=1S/C12H7ClN6O2/c13-7-1-2-8-9(5-7)19(17-4-3-14-6-17)11(20)10-15-16-12(21)18(8)10/h1-6H,(H,16,21).